The Morgan fingerprint density at radius 1 is 1.27 bits per heavy atom. The van der Waals surface area contributed by atoms with Gasteiger partial charge in [0.1, 0.15) is 5.75 Å². The number of anilines is 1. The average Bonchev–Trinajstić information content (AvgIpc) is 3.05. The first kappa shape index (κ1) is 17.7. The minimum absolute atomic E-state index is 0.0176. The van der Waals surface area contributed by atoms with Crippen molar-refractivity contribution in [2.24, 2.45) is 0 Å². The van der Waals surface area contributed by atoms with Crippen molar-refractivity contribution < 1.29 is 28.7 Å². The van der Waals surface area contributed by atoms with Gasteiger partial charge in [-0.2, -0.15) is 0 Å². The highest BCUT2D eigenvalue weighted by Crippen LogP contribution is 2.33. The summed E-state index contributed by atoms with van der Waals surface area (Å²) in [4.78, 5) is 50.5. The van der Waals surface area contributed by atoms with Gasteiger partial charge in [0.2, 0.25) is 12.0 Å². The highest BCUT2D eigenvalue weighted by Gasteiger charge is 2.37. The first-order chi connectivity index (χ1) is 12.4. The number of para-hydroxylation sites is 2. The Labute approximate surface area is 149 Å². The summed E-state index contributed by atoms with van der Waals surface area (Å²) in [5.74, 6) is -1.23. The molecule has 2 aliphatic rings. The maximum atomic E-state index is 12.4. The molecule has 1 aromatic rings. The van der Waals surface area contributed by atoms with Crippen molar-refractivity contribution in [3.63, 3.8) is 0 Å². The predicted molar refractivity (Wildman–Crippen MR) is 89.6 cm³/mol. The van der Waals surface area contributed by atoms with Gasteiger partial charge in [0.05, 0.1) is 12.2 Å². The highest BCUT2D eigenvalue weighted by atomic mass is 16.6. The van der Waals surface area contributed by atoms with Crippen LogP contribution >= 0.6 is 0 Å². The lowest BCUT2D eigenvalue weighted by molar-refractivity contribution is -0.163. The number of carbonyl (C=O) groups is 4. The molecule has 1 saturated heterocycles. The second-order valence-electron chi connectivity index (χ2n) is 6.00. The predicted octanol–water partition coefficient (Wildman–Crippen LogP) is 0.284. The largest absolute Gasteiger partial charge is 0.475 e. The normalized spacial score (nSPS) is 19.9. The van der Waals surface area contributed by atoms with Gasteiger partial charge >= 0.3 is 12.0 Å². The molecule has 2 heterocycles. The summed E-state index contributed by atoms with van der Waals surface area (Å²) < 4.78 is 10.8. The minimum Gasteiger partial charge on any atom is -0.475 e. The monoisotopic (exact) mass is 361 g/mol. The van der Waals surface area contributed by atoms with Gasteiger partial charge in [0.25, 0.3) is 5.91 Å². The van der Waals surface area contributed by atoms with Crippen LogP contribution < -0.4 is 15.0 Å². The van der Waals surface area contributed by atoms with Crippen molar-refractivity contribution >= 4 is 29.5 Å². The summed E-state index contributed by atoms with van der Waals surface area (Å²) in [5, 5.41) is 2.51. The zero-order valence-corrected chi connectivity index (χ0v) is 14.4. The number of carbonyl (C=O) groups excluding carboxylic acids is 4. The smallest absolute Gasteiger partial charge is 0.350 e. The van der Waals surface area contributed by atoms with E-state index in [-0.39, 0.29) is 19.0 Å². The van der Waals surface area contributed by atoms with Gasteiger partial charge in [0, 0.05) is 20.0 Å². The van der Waals surface area contributed by atoms with Gasteiger partial charge in [-0.15, -0.1) is 0 Å². The van der Waals surface area contributed by atoms with Crippen LogP contribution in [0.5, 0.6) is 5.75 Å². The van der Waals surface area contributed by atoms with Gasteiger partial charge in [-0.1, -0.05) is 12.1 Å². The molecule has 1 aromatic carbocycles. The van der Waals surface area contributed by atoms with E-state index in [1.807, 2.05) is 0 Å². The number of imide groups is 1. The number of amides is 4. The van der Waals surface area contributed by atoms with Crippen LogP contribution in [-0.4, -0.2) is 60.6 Å². The molecule has 9 nitrogen and oxygen atoms in total. The molecule has 0 spiro atoms. The molecule has 1 fully saturated rings. The van der Waals surface area contributed by atoms with E-state index < -0.39 is 30.1 Å². The fourth-order valence-corrected chi connectivity index (χ4v) is 2.86. The van der Waals surface area contributed by atoms with E-state index in [4.69, 9.17) is 9.47 Å². The van der Waals surface area contributed by atoms with E-state index in [0.29, 0.717) is 18.0 Å². The van der Waals surface area contributed by atoms with Crippen LogP contribution in [0.3, 0.4) is 0 Å². The number of esters is 1. The molecule has 138 valence electrons. The van der Waals surface area contributed by atoms with E-state index in [9.17, 15) is 19.2 Å². The van der Waals surface area contributed by atoms with Gasteiger partial charge in [0.15, 0.2) is 6.10 Å². The molecule has 0 bridgehead atoms. The molecule has 1 N–H and O–H groups in total. The molecule has 0 unspecified atom stereocenters. The molecular formula is C17H19N3O6. The van der Waals surface area contributed by atoms with Gasteiger partial charge < -0.3 is 19.7 Å². The molecule has 0 aliphatic carbocycles. The Morgan fingerprint density at radius 2 is 2.00 bits per heavy atom. The van der Waals surface area contributed by atoms with Crippen LogP contribution in [0.25, 0.3) is 0 Å². The summed E-state index contributed by atoms with van der Waals surface area (Å²) in [5.41, 5.74) is 0.571. The van der Waals surface area contributed by atoms with E-state index in [2.05, 4.69) is 5.32 Å². The van der Waals surface area contributed by atoms with Crippen LogP contribution in [-0.2, 0) is 19.1 Å². The zero-order chi connectivity index (χ0) is 18.8. The number of ether oxygens (including phenoxy) is 2. The van der Waals surface area contributed by atoms with Crippen molar-refractivity contribution in [2.45, 2.75) is 26.1 Å². The van der Waals surface area contributed by atoms with Gasteiger partial charge in [-0.05, 0) is 19.1 Å². The summed E-state index contributed by atoms with van der Waals surface area (Å²) >= 11 is 0. The van der Waals surface area contributed by atoms with Crippen molar-refractivity contribution in [2.75, 3.05) is 24.5 Å². The number of nitrogens with one attached hydrogen (secondary N) is 1. The maximum Gasteiger partial charge on any atom is 0.350 e. The average molecular weight is 361 g/mol. The van der Waals surface area contributed by atoms with Crippen LogP contribution in [0, 0.1) is 0 Å². The second-order valence-corrected chi connectivity index (χ2v) is 6.00. The number of fused-ring (bicyclic) bond motifs is 1. The van der Waals surface area contributed by atoms with Crippen LogP contribution in [0.15, 0.2) is 24.3 Å². The van der Waals surface area contributed by atoms with E-state index in [1.54, 1.807) is 24.3 Å². The minimum atomic E-state index is -1.14. The topological polar surface area (TPSA) is 105 Å². The molecule has 2 atom stereocenters. The molecule has 26 heavy (non-hydrogen) atoms. The van der Waals surface area contributed by atoms with Crippen molar-refractivity contribution in [3.8, 4) is 5.75 Å². The number of benzene rings is 1. The summed E-state index contributed by atoms with van der Waals surface area (Å²) in [6.07, 6.45) is -2.20. The lowest BCUT2D eigenvalue weighted by Crippen LogP contribution is -2.49. The molecular weight excluding hydrogens is 342 g/mol. The lowest BCUT2D eigenvalue weighted by Gasteiger charge is -2.33. The lowest BCUT2D eigenvalue weighted by atomic mass is 10.2. The third kappa shape index (κ3) is 3.32. The Hall–Kier alpha value is -3.10. The van der Waals surface area contributed by atoms with Gasteiger partial charge in [-0.25, -0.2) is 9.59 Å². The van der Waals surface area contributed by atoms with E-state index in [1.165, 1.54) is 18.7 Å². The Morgan fingerprint density at radius 3 is 2.65 bits per heavy atom. The number of hydrogen-bond donors (Lipinski definition) is 1. The quantitative estimate of drug-likeness (QED) is 0.776. The molecule has 0 radical (unpaired) electrons. The highest BCUT2D eigenvalue weighted by molar-refractivity contribution is 5.99. The SMILES string of the molecule is CC(=O)N1C[C@@H](C(=O)O[C@H](C)C(=O)N2CCNC2=O)Oc2ccccc21. The first-order valence-electron chi connectivity index (χ1n) is 8.22. The van der Waals surface area contributed by atoms with Crippen LogP contribution in [0.2, 0.25) is 0 Å². The standard InChI is InChI=1S/C17H19N3O6/c1-10(15(22)19-8-7-18-17(19)24)25-16(23)14-9-20(11(2)21)12-5-3-4-6-13(12)26-14/h3-6,10,14H,7-9H2,1-2H3,(H,18,24)/t10-,14+/m1/s1. The number of nitrogens with zero attached hydrogens (tertiary/aromatic N) is 2. The van der Waals surface area contributed by atoms with Gasteiger partial charge in [-0.3, -0.25) is 14.5 Å². The molecule has 0 aromatic heterocycles. The van der Waals surface area contributed by atoms with Crippen molar-refractivity contribution in [3.05, 3.63) is 24.3 Å². The summed E-state index contributed by atoms with van der Waals surface area (Å²) in [7, 11) is 0. The van der Waals surface area contributed by atoms with Crippen LogP contribution in [0.4, 0.5) is 10.5 Å². The summed E-state index contributed by atoms with van der Waals surface area (Å²) in [6.45, 7) is 3.36. The Balaban J connectivity index is 1.69. The molecule has 0 saturated carbocycles. The van der Waals surface area contributed by atoms with E-state index >= 15 is 0 Å². The molecule has 3 rings (SSSR count). The first-order valence-corrected chi connectivity index (χ1v) is 8.22. The number of hydrogen-bond acceptors (Lipinski definition) is 6. The zero-order valence-electron chi connectivity index (χ0n) is 14.4. The Kier molecular flexibility index (Phi) is 4.79. The third-order valence-electron chi connectivity index (χ3n) is 4.18. The fourth-order valence-electron chi connectivity index (χ4n) is 2.86. The third-order valence-corrected chi connectivity index (χ3v) is 4.18. The van der Waals surface area contributed by atoms with Crippen molar-refractivity contribution in [1.29, 1.82) is 0 Å². The number of rotatable bonds is 3. The summed E-state index contributed by atoms with van der Waals surface area (Å²) in [6, 6.07) is 6.34. The second kappa shape index (κ2) is 7.03. The Bertz CT molecular complexity index is 765. The molecule has 9 heteroatoms. The molecule has 2 aliphatic heterocycles. The van der Waals surface area contributed by atoms with E-state index in [0.717, 1.165) is 4.90 Å². The number of urea groups is 1. The fraction of sp³-hybridized carbons (Fsp3) is 0.412. The van der Waals surface area contributed by atoms with Crippen LogP contribution in [0.1, 0.15) is 13.8 Å². The molecule has 4 amide bonds. The maximum absolute atomic E-state index is 12.4. The van der Waals surface area contributed by atoms with Crippen molar-refractivity contribution in [1.82, 2.24) is 10.2 Å².